The third-order valence-electron chi connectivity index (χ3n) is 3.28. The molecule has 2 heterocycles. The fourth-order valence-electron chi connectivity index (χ4n) is 2.22. The van der Waals surface area contributed by atoms with Gasteiger partial charge >= 0.3 is 0 Å². The van der Waals surface area contributed by atoms with Gasteiger partial charge in [0.2, 0.25) is 5.91 Å². The van der Waals surface area contributed by atoms with Crippen molar-refractivity contribution in [2.24, 2.45) is 0 Å². The van der Waals surface area contributed by atoms with Gasteiger partial charge in [-0.05, 0) is 45.0 Å². The summed E-state index contributed by atoms with van der Waals surface area (Å²) in [6.07, 6.45) is 0. The molecule has 0 fully saturated rings. The molecule has 0 aliphatic heterocycles. The molecule has 0 saturated heterocycles. The summed E-state index contributed by atoms with van der Waals surface area (Å²) in [6.45, 7) is 6.36. The molecule has 7 nitrogen and oxygen atoms in total. The van der Waals surface area contributed by atoms with Crippen LogP contribution >= 0.6 is 23.1 Å². The van der Waals surface area contributed by atoms with Crippen molar-refractivity contribution in [2.45, 2.75) is 26.0 Å². The number of aromatic nitrogens is 3. The molecule has 0 aliphatic carbocycles. The monoisotopic (exact) mass is 390 g/mol. The quantitative estimate of drug-likeness (QED) is 0.611. The van der Waals surface area contributed by atoms with E-state index in [9.17, 15) is 4.79 Å². The third kappa shape index (κ3) is 4.61. The number of aryl methyl sites for hydroxylation is 2. The summed E-state index contributed by atoms with van der Waals surface area (Å²) in [5.74, 6) is 1.23. The van der Waals surface area contributed by atoms with E-state index in [1.165, 1.54) is 23.1 Å². The molecule has 9 heteroatoms. The van der Waals surface area contributed by atoms with Gasteiger partial charge in [-0.25, -0.2) is 4.98 Å². The number of carbonyl (C=O) groups is 1. The number of carbonyl (C=O) groups excluding carboxylic acids is 1. The van der Waals surface area contributed by atoms with E-state index in [0.717, 1.165) is 21.3 Å². The average molecular weight is 390 g/mol. The van der Waals surface area contributed by atoms with Gasteiger partial charge in [0, 0.05) is 5.69 Å². The number of hydrogen-bond donors (Lipinski definition) is 1. The van der Waals surface area contributed by atoms with E-state index in [2.05, 4.69) is 20.5 Å². The SMILES string of the molecule is CCOc1ccc(NC(=O)CSc2nnc(-c3sc(C)nc3C)o2)cc1. The molecule has 1 aromatic carbocycles. The van der Waals surface area contributed by atoms with Crippen LogP contribution in [0.5, 0.6) is 5.75 Å². The van der Waals surface area contributed by atoms with E-state index in [0.29, 0.717) is 23.4 Å². The molecule has 26 heavy (non-hydrogen) atoms. The molecular formula is C17H18N4O3S2. The van der Waals surface area contributed by atoms with Crippen molar-refractivity contribution in [3.8, 4) is 16.5 Å². The van der Waals surface area contributed by atoms with E-state index in [1.807, 2.05) is 32.9 Å². The van der Waals surface area contributed by atoms with Crippen molar-refractivity contribution < 1.29 is 13.9 Å². The first kappa shape index (κ1) is 18.4. The summed E-state index contributed by atoms with van der Waals surface area (Å²) in [5.41, 5.74) is 1.57. The van der Waals surface area contributed by atoms with E-state index in [-0.39, 0.29) is 11.7 Å². The highest BCUT2D eigenvalue weighted by molar-refractivity contribution is 7.99. The van der Waals surface area contributed by atoms with Gasteiger partial charge in [-0.2, -0.15) is 0 Å². The van der Waals surface area contributed by atoms with Crippen molar-refractivity contribution in [1.29, 1.82) is 0 Å². The first-order valence-corrected chi connectivity index (χ1v) is 9.78. The van der Waals surface area contributed by atoms with Crippen molar-refractivity contribution in [2.75, 3.05) is 17.7 Å². The van der Waals surface area contributed by atoms with Crippen LogP contribution in [0.3, 0.4) is 0 Å². The molecule has 0 saturated carbocycles. The summed E-state index contributed by atoms with van der Waals surface area (Å²) in [5, 5.41) is 12.1. The van der Waals surface area contributed by atoms with Crippen LogP contribution in [-0.2, 0) is 4.79 Å². The molecule has 0 unspecified atom stereocenters. The van der Waals surface area contributed by atoms with E-state index < -0.39 is 0 Å². The van der Waals surface area contributed by atoms with E-state index in [1.54, 1.807) is 12.1 Å². The largest absolute Gasteiger partial charge is 0.494 e. The molecule has 0 radical (unpaired) electrons. The minimum Gasteiger partial charge on any atom is -0.494 e. The average Bonchev–Trinajstić information content (AvgIpc) is 3.21. The number of hydrogen-bond acceptors (Lipinski definition) is 8. The maximum Gasteiger partial charge on any atom is 0.277 e. The number of ether oxygens (including phenoxy) is 1. The number of thiazole rings is 1. The Labute approximate surface area is 159 Å². The Bertz CT molecular complexity index is 890. The number of anilines is 1. The van der Waals surface area contributed by atoms with Crippen LogP contribution in [0.15, 0.2) is 33.9 Å². The lowest BCUT2D eigenvalue weighted by molar-refractivity contribution is -0.113. The predicted octanol–water partition coefficient (Wildman–Crippen LogP) is 3.94. The summed E-state index contributed by atoms with van der Waals surface area (Å²) < 4.78 is 11.0. The first-order chi connectivity index (χ1) is 12.5. The number of nitrogens with one attached hydrogen (secondary N) is 1. The Morgan fingerprint density at radius 2 is 2.04 bits per heavy atom. The first-order valence-electron chi connectivity index (χ1n) is 7.98. The molecule has 1 N–H and O–H groups in total. The summed E-state index contributed by atoms with van der Waals surface area (Å²) in [6, 6.07) is 7.23. The topological polar surface area (TPSA) is 90.1 Å². The van der Waals surface area contributed by atoms with Gasteiger partial charge < -0.3 is 14.5 Å². The third-order valence-corrected chi connectivity index (χ3v) is 5.16. The summed E-state index contributed by atoms with van der Waals surface area (Å²) >= 11 is 2.70. The Balaban J connectivity index is 1.54. The van der Waals surface area contributed by atoms with Crippen molar-refractivity contribution in [1.82, 2.24) is 15.2 Å². The maximum absolute atomic E-state index is 12.1. The van der Waals surface area contributed by atoms with Crippen LogP contribution in [-0.4, -0.2) is 33.4 Å². The van der Waals surface area contributed by atoms with Crippen LogP contribution < -0.4 is 10.1 Å². The maximum atomic E-state index is 12.1. The highest BCUT2D eigenvalue weighted by Crippen LogP contribution is 2.30. The second kappa shape index (κ2) is 8.33. The molecule has 0 spiro atoms. The standard InChI is InChI=1S/C17H18N4O3S2/c1-4-23-13-7-5-12(6-8-13)19-14(22)9-25-17-21-20-16(24-17)15-10(2)18-11(3)26-15/h5-8H,4,9H2,1-3H3,(H,19,22). The number of nitrogens with zero attached hydrogens (tertiary/aromatic N) is 3. The lowest BCUT2D eigenvalue weighted by Crippen LogP contribution is -2.13. The lowest BCUT2D eigenvalue weighted by atomic mass is 10.3. The van der Waals surface area contributed by atoms with Gasteiger partial charge in [-0.1, -0.05) is 11.8 Å². The number of amides is 1. The molecule has 1 amide bonds. The lowest BCUT2D eigenvalue weighted by Gasteiger charge is -2.06. The number of thioether (sulfide) groups is 1. The second-order valence-electron chi connectivity index (χ2n) is 5.31. The molecule has 0 atom stereocenters. The van der Waals surface area contributed by atoms with Crippen molar-refractivity contribution in [3.05, 3.63) is 35.0 Å². The van der Waals surface area contributed by atoms with Gasteiger partial charge in [0.1, 0.15) is 10.6 Å². The molecule has 3 aromatic rings. The minimum absolute atomic E-state index is 0.149. The Morgan fingerprint density at radius 1 is 1.27 bits per heavy atom. The molecule has 3 rings (SSSR count). The van der Waals surface area contributed by atoms with Crippen molar-refractivity contribution >= 4 is 34.7 Å². The zero-order valence-electron chi connectivity index (χ0n) is 14.6. The zero-order valence-corrected chi connectivity index (χ0v) is 16.2. The highest BCUT2D eigenvalue weighted by Gasteiger charge is 2.16. The van der Waals surface area contributed by atoms with Crippen LogP contribution in [0.2, 0.25) is 0 Å². The highest BCUT2D eigenvalue weighted by atomic mass is 32.2. The van der Waals surface area contributed by atoms with E-state index in [4.69, 9.17) is 9.15 Å². The van der Waals surface area contributed by atoms with Gasteiger partial charge in [0.15, 0.2) is 0 Å². The minimum atomic E-state index is -0.149. The van der Waals surface area contributed by atoms with Crippen LogP contribution in [0.25, 0.3) is 10.8 Å². The molecule has 0 aliphatic rings. The van der Waals surface area contributed by atoms with Crippen LogP contribution in [0.4, 0.5) is 5.69 Å². The van der Waals surface area contributed by atoms with Crippen LogP contribution in [0, 0.1) is 13.8 Å². The second-order valence-corrected chi connectivity index (χ2v) is 7.44. The Morgan fingerprint density at radius 3 is 2.69 bits per heavy atom. The Hall–Kier alpha value is -2.39. The van der Waals surface area contributed by atoms with Gasteiger partial charge in [0.05, 0.1) is 23.1 Å². The predicted molar refractivity (Wildman–Crippen MR) is 102 cm³/mol. The fourth-order valence-corrected chi connectivity index (χ4v) is 3.62. The summed E-state index contributed by atoms with van der Waals surface area (Å²) in [7, 11) is 0. The molecule has 136 valence electrons. The molecular weight excluding hydrogens is 372 g/mol. The van der Waals surface area contributed by atoms with Gasteiger partial charge in [-0.15, -0.1) is 21.5 Å². The van der Waals surface area contributed by atoms with Gasteiger partial charge in [-0.3, -0.25) is 4.79 Å². The number of rotatable bonds is 7. The van der Waals surface area contributed by atoms with Gasteiger partial charge in [0.25, 0.3) is 11.1 Å². The Kier molecular flexibility index (Phi) is 5.89. The molecule has 2 aromatic heterocycles. The summed E-state index contributed by atoms with van der Waals surface area (Å²) in [4.78, 5) is 17.3. The smallest absolute Gasteiger partial charge is 0.277 e. The fraction of sp³-hybridized carbons (Fsp3) is 0.294. The zero-order chi connectivity index (χ0) is 18.5. The normalized spacial score (nSPS) is 10.7. The van der Waals surface area contributed by atoms with E-state index >= 15 is 0 Å². The van der Waals surface area contributed by atoms with Crippen LogP contribution in [0.1, 0.15) is 17.6 Å². The number of benzene rings is 1. The van der Waals surface area contributed by atoms with Crippen molar-refractivity contribution in [3.63, 3.8) is 0 Å². The molecule has 0 bridgehead atoms.